The molecule has 0 heterocycles. The summed E-state index contributed by atoms with van der Waals surface area (Å²) in [6.07, 6.45) is 0.799. The van der Waals surface area contributed by atoms with Crippen molar-refractivity contribution in [1.29, 1.82) is 0 Å². The maximum atomic E-state index is 5.98. The SMILES string of the molecule is COc1ccccc1Cc1ccc(Cl)cc1CN. The summed E-state index contributed by atoms with van der Waals surface area (Å²) in [5, 5.41) is 0.722. The fourth-order valence-corrected chi connectivity index (χ4v) is 2.21. The van der Waals surface area contributed by atoms with Gasteiger partial charge in [-0.1, -0.05) is 35.9 Å². The first-order valence-corrected chi connectivity index (χ1v) is 6.21. The first kappa shape index (κ1) is 12.9. The molecule has 0 fully saturated rings. The molecule has 0 spiro atoms. The molecule has 0 aromatic heterocycles. The molecule has 2 nitrogen and oxygen atoms in total. The molecule has 0 saturated heterocycles. The number of rotatable bonds is 4. The van der Waals surface area contributed by atoms with Gasteiger partial charge in [0.05, 0.1) is 7.11 Å². The summed E-state index contributed by atoms with van der Waals surface area (Å²) in [7, 11) is 1.69. The van der Waals surface area contributed by atoms with Gasteiger partial charge in [0.15, 0.2) is 0 Å². The van der Waals surface area contributed by atoms with E-state index in [1.165, 1.54) is 5.56 Å². The van der Waals surface area contributed by atoms with E-state index in [0.29, 0.717) is 6.54 Å². The van der Waals surface area contributed by atoms with E-state index in [4.69, 9.17) is 22.1 Å². The Kier molecular flexibility index (Phi) is 4.24. The van der Waals surface area contributed by atoms with Crippen LogP contribution in [0, 0.1) is 0 Å². The van der Waals surface area contributed by atoms with E-state index >= 15 is 0 Å². The Bertz CT molecular complexity index is 540. The first-order valence-electron chi connectivity index (χ1n) is 5.84. The van der Waals surface area contributed by atoms with E-state index in [1.807, 2.05) is 36.4 Å². The van der Waals surface area contributed by atoms with Gasteiger partial charge in [0.2, 0.25) is 0 Å². The molecule has 0 aliphatic rings. The van der Waals surface area contributed by atoms with E-state index in [2.05, 4.69) is 6.07 Å². The van der Waals surface area contributed by atoms with E-state index in [0.717, 1.165) is 28.3 Å². The summed E-state index contributed by atoms with van der Waals surface area (Å²) >= 11 is 5.98. The molecule has 0 aliphatic heterocycles. The molecule has 0 saturated carbocycles. The van der Waals surface area contributed by atoms with Gasteiger partial charge >= 0.3 is 0 Å². The van der Waals surface area contributed by atoms with Crippen molar-refractivity contribution < 1.29 is 4.74 Å². The monoisotopic (exact) mass is 261 g/mol. The lowest BCUT2D eigenvalue weighted by Crippen LogP contribution is -2.03. The highest BCUT2D eigenvalue weighted by Crippen LogP contribution is 2.24. The minimum atomic E-state index is 0.491. The largest absolute Gasteiger partial charge is 0.496 e. The predicted octanol–water partition coefficient (Wildman–Crippen LogP) is 3.40. The molecule has 2 rings (SSSR count). The van der Waals surface area contributed by atoms with Crippen molar-refractivity contribution in [2.45, 2.75) is 13.0 Å². The summed E-state index contributed by atoms with van der Waals surface area (Å²) in [4.78, 5) is 0. The zero-order chi connectivity index (χ0) is 13.0. The van der Waals surface area contributed by atoms with E-state index in [9.17, 15) is 0 Å². The number of methoxy groups -OCH3 is 1. The molecular weight excluding hydrogens is 246 g/mol. The molecule has 2 aromatic carbocycles. The Morgan fingerprint density at radius 1 is 1.06 bits per heavy atom. The average Bonchev–Trinajstić information content (AvgIpc) is 2.41. The highest BCUT2D eigenvalue weighted by atomic mass is 35.5. The van der Waals surface area contributed by atoms with E-state index in [-0.39, 0.29) is 0 Å². The van der Waals surface area contributed by atoms with E-state index in [1.54, 1.807) is 7.11 Å². The quantitative estimate of drug-likeness (QED) is 0.916. The second-order valence-corrected chi connectivity index (χ2v) is 4.54. The van der Waals surface area contributed by atoms with Gasteiger partial charge in [0.1, 0.15) is 5.75 Å². The van der Waals surface area contributed by atoms with Crippen LogP contribution in [0.15, 0.2) is 42.5 Å². The molecule has 0 unspecified atom stereocenters. The highest BCUT2D eigenvalue weighted by Gasteiger charge is 2.07. The van der Waals surface area contributed by atoms with Crippen LogP contribution in [0.1, 0.15) is 16.7 Å². The Labute approximate surface area is 112 Å². The third-order valence-corrected chi connectivity index (χ3v) is 3.20. The molecule has 0 amide bonds. The van der Waals surface area contributed by atoms with Gasteiger partial charge in [-0.2, -0.15) is 0 Å². The van der Waals surface area contributed by atoms with Gasteiger partial charge in [0.25, 0.3) is 0 Å². The molecule has 94 valence electrons. The summed E-state index contributed by atoms with van der Waals surface area (Å²) in [6, 6.07) is 13.8. The standard InChI is InChI=1S/C15H16ClNO/c1-18-15-5-3-2-4-12(15)8-11-6-7-14(16)9-13(11)10-17/h2-7,9H,8,10,17H2,1H3. The molecule has 18 heavy (non-hydrogen) atoms. The topological polar surface area (TPSA) is 35.2 Å². The van der Waals surface area contributed by atoms with Crippen molar-refractivity contribution in [2.75, 3.05) is 7.11 Å². The van der Waals surface area contributed by atoms with Crippen molar-refractivity contribution in [3.05, 3.63) is 64.2 Å². The van der Waals surface area contributed by atoms with Gasteiger partial charge < -0.3 is 10.5 Å². The maximum absolute atomic E-state index is 5.98. The number of halogens is 1. The molecule has 0 radical (unpaired) electrons. The number of nitrogens with two attached hydrogens (primary N) is 1. The van der Waals surface area contributed by atoms with Crippen molar-refractivity contribution in [3.63, 3.8) is 0 Å². The highest BCUT2D eigenvalue weighted by molar-refractivity contribution is 6.30. The summed E-state index contributed by atoms with van der Waals surface area (Å²) in [5.41, 5.74) is 9.17. The van der Waals surface area contributed by atoms with E-state index < -0.39 is 0 Å². The summed E-state index contributed by atoms with van der Waals surface area (Å²) in [5.74, 6) is 0.899. The summed E-state index contributed by atoms with van der Waals surface area (Å²) in [6.45, 7) is 0.491. The smallest absolute Gasteiger partial charge is 0.122 e. The Morgan fingerprint density at radius 2 is 1.83 bits per heavy atom. The molecule has 0 atom stereocenters. The molecular formula is C15H16ClNO. The van der Waals surface area contributed by atoms with Crippen molar-refractivity contribution in [3.8, 4) is 5.75 Å². The third kappa shape index (κ3) is 2.84. The molecule has 2 N–H and O–H groups in total. The maximum Gasteiger partial charge on any atom is 0.122 e. The number of para-hydroxylation sites is 1. The molecule has 2 aromatic rings. The third-order valence-electron chi connectivity index (χ3n) is 2.96. The lowest BCUT2D eigenvalue weighted by molar-refractivity contribution is 0.410. The van der Waals surface area contributed by atoms with Gasteiger partial charge in [-0.05, 0) is 34.9 Å². The van der Waals surface area contributed by atoms with Crippen LogP contribution in [0.25, 0.3) is 0 Å². The van der Waals surface area contributed by atoms with Crippen LogP contribution in [0.2, 0.25) is 5.02 Å². The number of benzene rings is 2. The van der Waals surface area contributed by atoms with Crippen molar-refractivity contribution in [2.24, 2.45) is 5.73 Å². The minimum Gasteiger partial charge on any atom is -0.496 e. The van der Waals surface area contributed by atoms with Crippen molar-refractivity contribution >= 4 is 11.6 Å². The Balaban J connectivity index is 2.33. The Morgan fingerprint density at radius 3 is 2.56 bits per heavy atom. The second kappa shape index (κ2) is 5.89. The van der Waals surface area contributed by atoms with Crippen LogP contribution in [-0.2, 0) is 13.0 Å². The van der Waals surface area contributed by atoms with Crippen LogP contribution in [0.3, 0.4) is 0 Å². The Hall–Kier alpha value is -1.51. The molecule has 3 heteroatoms. The second-order valence-electron chi connectivity index (χ2n) is 4.11. The number of ether oxygens (including phenoxy) is 1. The minimum absolute atomic E-state index is 0.491. The molecule has 0 bridgehead atoms. The fourth-order valence-electron chi connectivity index (χ4n) is 2.01. The van der Waals surface area contributed by atoms with Gasteiger partial charge in [-0.15, -0.1) is 0 Å². The first-order chi connectivity index (χ1) is 8.74. The predicted molar refractivity (Wildman–Crippen MR) is 75.1 cm³/mol. The van der Waals surface area contributed by atoms with Gasteiger partial charge in [-0.25, -0.2) is 0 Å². The average molecular weight is 262 g/mol. The van der Waals surface area contributed by atoms with Crippen LogP contribution in [0.4, 0.5) is 0 Å². The summed E-state index contributed by atoms with van der Waals surface area (Å²) < 4.78 is 5.36. The van der Waals surface area contributed by atoms with Crippen LogP contribution >= 0.6 is 11.6 Å². The van der Waals surface area contributed by atoms with Crippen molar-refractivity contribution in [1.82, 2.24) is 0 Å². The number of hydrogen-bond acceptors (Lipinski definition) is 2. The van der Waals surface area contributed by atoms with Gasteiger partial charge in [-0.3, -0.25) is 0 Å². The van der Waals surface area contributed by atoms with Crippen LogP contribution in [-0.4, -0.2) is 7.11 Å². The lowest BCUT2D eigenvalue weighted by atomic mass is 9.99. The zero-order valence-electron chi connectivity index (χ0n) is 10.3. The van der Waals surface area contributed by atoms with Crippen LogP contribution in [0.5, 0.6) is 5.75 Å². The van der Waals surface area contributed by atoms with Gasteiger partial charge in [0, 0.05) is 18.0 Å². The van der Waals surface area contributed by atoms with Crippen LogP contribution < -0.4 is 10.5 Å². The lowest BCUT2D eigenvalue weighted by Gasteiger charge is -2.11. The fraction of sp³-hybridized carbons (Fsp3) is 0.200. The normalized spacial score (nSPS) is 10.4. The zero-order valence-corrected chi connectivity index (χ0v) is 11.1. The molecule has 0 aliphatic carbocycles. The number of hydrogen-bond donors (Lipinski definition) is 1.